The van der Waals surface area contributed by atoms with Crippen LogP contribution >= 0.6 is 15.9 Å². The fraction of sp³-hybridized carbons (Fsp3) is 0.929. The van der Waals surface area contributed by atoms with Crippen LogP contribution < -0.4 is 5.32 Å². The van der Waals surface area contributed by atoms with Crippen molar-refractivity contribution in [1.29, 1.82) is 0 Å². The largest absolute Gasteiger partial charge is 0.378 e. The van der Waals surface area contributed by atoms with E-state index in [2.05, 4.69) is 28.2 Å². The van der Waals surface area contributed by atoms with Gasteiger partial charge in [-0.3, -0.25) is 4.79 Å². The Balaban J connectivity index is 1.83. The van der Waals surface area contributed by atoms with Crippen LogP contribution in [0.1, 0.15) is 51.9 Å². The number of hydrogen-bond donors (Lipinski definition) is 1. The summed E-state index contributed by atoms with van der Waals surface area (Å²) >= 11 is 3.58. The van der Waals surface area contributed by atoms with Crippen LogP contribution in [0, 0.1) is 5.92 Å². The highest BCUT2D eigenvalue weighted by atomic mass is 79.9. The summed E-state index contributed by atoms with van der Waals surface area (Å²) in [5, 5.41) is 4.13. The molecule has 4 heteroatoms. The second kappa shape index (κ2) is 6.38. The maximum Gasteiger partial charge on any atom is 0.223 e. The molecule has 2 fully saturated rings. The van der Waals surface area contributed by atoms with E-state index in [1.165, 1.54) is 12.8 Å². The molecule has 1 aliphatic carbocycles. The van der Waals surface area contributed by atoms with E-state index in [1.807, 2.05) is 0 Å². The molecule has 1 N–H and O–H groups in total. The Morgan fingerprint density at radius 3 is 2.67 bits per heavy atom. The van der Waals surface area contributed by atoms with Gasteiger partial charge in [0.25, 0.3) is 0 Å². The maximum atomic E-state index is 12.1. The Kier molecular flexibility index (Phi) is 5.07. The smallest absolute Gasteiger partial charge is 0.223 e. The van der Waals surface area contributed by atoms with E-state index in [0.29, 0.717) is 6.42 Å². The summed E-state index contributed by atoms with van der Waals surface area (Å²) in [6, 6.07) is 0. The van der Waals surface area contributed by atoms with Crippen LogP contribution in [-0.2, 0) is 9.53 Å². The first kappa shape index (κ1) is 14.3. The van der Waals surface area contributed by atoms with Gasteiger partial charge in [-0.25, -0.2) is 0 Å². The number of carbonyl (C=O) groups is 1. The molecule has 1 heterocycles. The van der Waals surface area contributed by atoms with Crippen LogP contribution in [-0.4, -0.2) is 29.5 Å². The number of hydrogen-bond acceptors (Lipinski definition) is 2. The van der Waals surface area contributed by atoms with Crippen molar-refractivity contribution < 1.29 is 9.53 Å². The summed E-state index contributed by atoms with van der Waals surface area (Å²) in [5.74, 6) is 0.961. The standard InChI is InChI=1S/C14H24BrNO2/c1-11-4-6-14(10-15,7-5-11)16-13(17)9-12-3-2-8-18-12/h11-12H,2-10H2,1H3,(H,16,17). The molecule has 3 nitrogen and oxygen atoms in total. The van der Waals surface area contributed by atoms with Gasteiger partial charge in [0, 0.05) is 17.5 Å². The topological polar surface area (TPSA) is 38.3 Å². The number of amides is 1. The Bertz CT molecular complexity index is 282. The van der Waals surface area contributed by atoms with Crippen LogP contribution in [0.2, 0.25) is 0 Å². The summed E-state index contributed by atoms with van der Waals surface area (Å²) < 4.78 is 5.52. The Morgan fingerprint density at radius 2 is 2.11 bits per heavy atom. The first-order chi connectivity index (χ1) is 8.63. The fourth-order valence-electron chi connectivity index (χ4n) is 2.97. The molecular formula is C14H24BrNO2. The van der Waals surface area contributed by atoms with Crippen molar-refractivity contribution in [2.45, 2.75) is 63.5 Å². The minimum Gasteiger partial charge on any atom is -0.378 e. The minimum absolute atomic E-state index is 0.0117. The molecular weight excluding hydrogens is 294 g/mol. The summed E-state index contributed by atoms with van der Waals surface area (Å²) in [5.41, 5.74) is -0.0117. The van der Waals surface area contributed by atoms with Crippen LogP contribution in [0.25, 0.3) is 0 Å². The lowest BCUT2D eigenvalue weighted by Crippen LogP contribution is -2.52. The van der Waals surface area contributed by atoms with Crippen molar-refractivity contribution in [3.05, 3.63) is 0 Å². The molecule has 2 aliphatic rings. The molecule has 2 rings (SSSR count). The quantitative estimate of drug-likeness (QED) is 0.809. The molecule has 1 amide bonds. The van der Waals surface area contributed by atoms with Gasteiger partial charge in [-0.1, -0.05) is 22.9 Å². The first-order valence-electron chi connectivity index (χ1n) is 7.12. The average Bonchev–Trinajstić information content (AvgIpc) is 2.85. The highest BCUT2D eigenvalue weighted by molar-refractivity contribution is 9.09. The van der Waals surface area contributed by atoms with Crippen LogP contribution in [0.3, 0.4) is 0 Å². The molecule has 0 spiro atoms. The summed E-state index contributed by atoms with van der Waals surface area (Å²) in [7, 11) is 0. The van der Waals surface area contributed by atoms with Crippen molar-refractivity contribution >= 4 is 21.8 Å². The third-order valence-electron chi connectivity index (χ3n) is 4.33. The molecule has 18 heavy (non-hydrogen) atoms. The van der Waals surface area contributed by atoms with Crippen LogP contribution in [0.5, 0.6) is 0 Å². The lowest BCUT2D eigenvalue weighted by atomic mass is 9.78. The van der Waals surface area contributed by atoms with E-state index in [9.17, 15) is 4.79 Å². The summed E-state index contributed by atoms with van der Waals surface area (Å²) in [6.07, 6.45) is 7.43. The molecule has 1 unspecified atom stereocenters. The molecule has 0 aromatic rings. The molecule has 0 bridgehead atoms. The zero-order chi connectivity index (χ0) is 13.0. The summed E-state index contributed by atoms with van der Waals surface area (Å²) in [4.78, 5) is 12.1. The molecule has 0 radical (unpaired) electrons. The van der Waals surface area contributed by atoms with Crippen LogP contribution in [0.4, 0.5) is 0 Å². The van der Waals surface area contributed by atoms with Crippen molar-refractivity contribution in [3.8, 4) is 0 Å². The molecule has 1 saturated heterocycles. The molecule has 1 saturated carbocycles. The SMILES string of the molecule is CC1CCC(CBr)(NC(=O)CC2CCCO2)CC1. The van der Waals surface area contributed by atoms with Gasteiger partial charge in [0.1, 0.15) is 0 Å². The highest BCUT2D eigenvalue weighted by Gasteiger charge is 2.35. The zero-order valence-corrected chi connectivity index (χ0v) is 12.8. The maximum absolute atomic E-state index is 12.1. The molecule has 0 aromatic carbocycles. The highest BCUT2D eigenvalue weighted by Crippen LogP contribution is 2.33. The number of carbonyl (C=O) groups excluding carboxylic acids is 1. The number of rotatable bonds is 4. The van der Waals surface area contributed by atoms with E-state index in [-0.39, 0.29) is 17.6 Å². The lowest BCUT2D eigenvalue weighted by Gasteiger charge is -2.39. The number of nitrogens with one attached hydrogen (secondary N) is 1. The Labute approximate surface area is 118 Å². The molecule has 1 atom stereocenters. The number of ether oxygens (including phenoxy) is 1. The number of halogens is 1. The zero-order valence-electron chi connectivity index (χ0n) is 11.2. The van der Waals surface area contributed by atoms with E-state index in [0.717, 1.165) is 43.5 Å². The third-order valence-corrected chi connectivity index (χ3v) is 5.40. The molecule has 0 aromatic heterocycles. The molecule has 104 valence electrons. The van der Waals surface area contributed by atoms with Crippen molar-refractivity contribution in [2.75, 3.05) is 11.9 Å². The minimum atomic E-state index is -0.0117. The van der Waals surface area contributed by atoms with Crippen LogP contribution in [0.15, 0.2) is 0 Å². The predicted octanol–water partition coefficient (Wildman–Crippen LogP) is 3.02. The van der Waals surface area contributed by atoms with Gasteiger partial charge in [0.2, 0.25) is 5.91 Å². The second-order valence-electron chi connectivity index (χ2n) is 5.98. The van der Waals surface area contributed by atoms with E-state index in [4.69, 9.17) is 4.74 Å². The van der Waals surface area contributed by atoms with E-state index in [1.54, 1.807) is 0 Å². The van der Waals surface area contributed by atoms with Gasteiger partial charge >= 0.3 is 0 Å². The van der Waals surface area contributed by atoms with Crippen molar-refractivity contribution in [3.63, 3.8) is 0 Å². The number of alkyl halides is 1. The molecule has 1 aliphatic heterocycles. The predicted molar refractivity (Wildman–Crippen MR) is 75.9 cm³/mol. The van der Waals surface area contributed by atoms with E-state index >= 15 is 0 Å². The van der Waals surface area contributed by atoms with Gasteiger partial charge in [0.05, 0.1) is 12.5 Å². The third kappa shape index (κ3) is 3.70. The Hall–Kier alpha value is -0.0900. The van der Waals surface area contributed by atoms with Gasteiger partial charge in [-0.2, -0.15) is 0 Å². The van der Waals surface area contributed by atoms with E-state index < -0.39 is 0 Å². The van der Waals surface area contributed by atoms with Gasteiger partial charge in [0.15, 0.2) is 0 Å². The van der Waals surface area contributed by atoms with Crippen molar-refractivity contribution in [1.82, 2.24) is 5.32 Å². The monoisotopic (exact) mass is 317 g/mol. The van der Waals surface area contributed by atoms with Gasteiger partial charge in [-0.15, -0.1) is 0 Å². The lowest BCUT2D eigenvalue weighted by molar-refractivity contribution is -0.125. The average molecular weight is 318 g/mol. The normalized spacial score (nSPS) is 36.6. The fourth-order valence-corrected chi connectivity index (χ4v) is 3.67. The van der Waals surface area contributed by atoms with Crippen molar-refractivity contribution in [2.24, 2.45) is 5.92 Å². The Morgan fingerprint density at radius 1 is 1.39 bits per heavy atom. The first-order valence-corrected chi connectivity index (χ1v) is 8.24. The van der Waals surface area contributed by atoms with Gasteiger partial charge < -0.3 is 10.1 Å². The summed E-state index contributed by atoms with van der Waals surface area (Å²) in [6.45, 7) is 3.12. The van der Waals surface area contributed by atoms with Gasteiger partial charge in [-0.05, 0) is 44.4 Å². The second-order valence-corrected chi connectivity index (χ2v) is 6.54.